The lowest BCUT2D eigenvalue weighted by molar-refractivity contribution is 0.506. The average molecular weight is 267 g/mol. The van der Waals surface area contributed by atoms with Crippen molar-refractivity contribution in [3.05, 3.63) is 41.6 Å². The highest BCUT2D eigenvalue weighted by atomic mass is 15.4. The van der Waals surface area contributed by atoms with Gasteiger partial charge in [0.25, 0.3) is 0 Å². The van der Waals surface area contributed by atoms with Gasteiger partial charge in [0.2, 0.25) is 0 Å². The second-order valence-corrected chi connectivity index (χ2v) is 5.43. The predicted octanol–water partition coefficient (Wildman–Crippen LogP) is 2.29. The summed E-state index contributed by atoms with van der Waals surface area (Å²) >= 11 is 0. The van der Waals surface area contributed by atoms with Crippen LogP contribution in [0.1, 0.15) is 17.2 Å². The predicted molar refractivity (Wildman–Crippen MR) is 78.9 cm³/mol. The molecule has 3 aromatic rings. The van der Waals surface area contributed by atoms with Crippen molar-refractivity contribution >= 4 is 16.9 Å². The van der Waals surface area contributed by atoms with Crippen LogP contribution in [-0.4, -0.2) is 26.1 Å². The third-order valence-electron chi connectivity index (χ3n) is 4.08. The van der Waals surface area contributed by atoms with Gasteiger partial charge in [0.05, 0.1) is 17.6 Å². The van der Waals surface area contributed by atoms with Crippen LogP contribution in [0.2, 0.25) is 0 Å². The number of rotatable bonds is 1. The first kappa shape index (κ1) is 11.5. The molecule has 4 rings (SSSR count). The van der Waals surface area contributed by atoms with Crippen LogP contribution in [-0.2, 0) is 13.6 Å². The van der Waals surface area contributed by atoms with E-state index in [1.807, 2.05) is 18.7 Å². The molecule has 1 aliphatic rings. The quantitative estimate of drug-likeness (QED) is 0.736. The SMILES string of the molecule is Cc1nn(C)c2nn3c(c12)NCC(c1ccccc1)C3. The Hall–Kier alpha value is -2.30. The number of aryl methyl sites for hydroxylation is 2. The summed E-state index contributed by atoms with van der Waals surface area (Å²) in [5.41, 5.74) is 3.35. The minimum absolute atomic E-state index is 0.464. The van der Waals surface area contributed by atoms with E-state index in [0.717, 1.165) is 35.6 Å². The Morgan fingerprint density at radius 3 is 2.80 bits per heavy atom. The van der Waals surface area contributed by atoms with Gasteiger partial charge in [0.1, 0.15) is 5.82 Å². The Kier molecular flexibility index (Phi) is 2.36. The highest BCUT2D eigenvalue weighted by Gasteiger charge is 2.25. The second kappa shape index (κ2) is 4.10. The Labute approximate surface area is 117 Å². The first-order valence-corrected chi connectivity index (χ1v) is 6.93. The minimum atomic E-state index is 0.464. The number of benzene rings is 1. The summed E-state index contributed by atoms with van der Waals surface area (Å²) in [6.07, 6.45) is 0. The van der Waals surface area contributed by atoms with Crippen LogP contribution in [0.3, 0.4) is 0 Å². The topological polar surface area (TPSA) is 47.7 Å². The molecule has 0 amide bonds. The van der Waals surface area contributed by atoms with Crippen LogP contribution in [0, 0.1) is 6.92 Å². The monoisotopic (exact) mass is 267 g/mol. The molecule has 102 valence electrons. The van der Waals surface area contributed by atoms with Crippen molar-refractivity contribution in [2.45, 2.75) is 19.4 Å². The average Bonchev–Trinajstić information content (AvgIpc) is 2.98. The molecular weight excluding hydrogens is 250 g/mol. The zero-order chi connectivity index (χ0) is 13.7. The Bertz CT molecular complexity index is 769. The fourth-order valence-electron chi connectivity index (χ4n) is 3.08. The number of nitrogens with zero attached hydrogens (tertiary/aromatic N) is 4. The highest BCUT2D eigenvalue weighted by molar-refractivity contribution is 5.90. The van der Waals surface area contributed by atoms with Gasteiger partial charge in [-0.3, -0.25) is 0 Å². The Balaban J connectivity index is 1.77. The van der Waals surface area contributed by atoms with Crippen molar-refractivity contribution in [2.75, 3.05) is 11.9 Å². The molecule has 2 aromatic heterocycles. The van der Waals surface area contributed by atoms with Crippen molar-refractivity contribution in [2.24, 2.45) is 7.05 Å². The third kappa shape index (κ3) is 1.56. The molecule has 1 unspecified atom stereocenters. The molecule has 0 spiro atoms. The summed E-state index contributed by atoms with van der Waals surface area (Å²) in [5, 5.41) is 13.8. The summed E-state index contributed by atoms with van der Waals surface area (Å²) in [6.45, 7) is 3.90. The van der Waals surface area contributed by atoms with Crippen LogP contribution in [0.25, 0.3) is 11.0 Å². The van der Waals surface area contributed by atoms with E-state index in [0.29, 0.717) is 5.92 Å². The fraction of sp³-hybridized carbons (Fsp3) is 0.333. The maximum absolute atomic E-state index is 4.70. The lowest BCUT2D eigenvalue weighted by Gasteiger charge is -2.25. The smallest absolute Gasteiger partial charge is 0.182 e. The number of aromatic nitrogens is 4. The molecule has 1 N–H and O–H groups in total. The first-order valence-electron chi connectivity index (χ1n) is 6.93. The van der Waals surface area contributed by atoms with Crippen LogP contribution in [0.5, 0.6) is 0 Å². The molecule has 0 aliphatic carbocycles. The highest BCUT2D eigenvalue weighted by Crippen LogP contribution is 2.32. The lowest BCUT2D eigenvalue weighted by Crippen LogP contribution is -2.26. The van der Waals surface area contributed by atoms with E-state index in [1.165, 1.54) is 5.56 Å². The third-order valence-corrected chi connectivity index (χ3v) is 4.08. The van der Waals surface area contributed by atoms with Gasteiger partial charge in [-0.05, 0) is 12.5 Å². The Morgan fingerprint density at radius 1 is 1.20 bits per heavy atom. The molecule has 0 saturated carbocycles. The van der Waals surface area contributed by atoms with E-state index >= 15 is 0 Å². The van der Waals surface area contributed by atoms with E-state index in [2.05, 4.69) is 45.4 Å². The molecule has 1 atom stereocenters. The van der Waals surface area contributed by atoms with Crippen molar-refractivity contribution in [3.8, 4) is 0 Å². The summed E-state index contributed by atoms with van der Waals surface area (Å²) in [6, 6.07) is 10.6. The van der Waals surface area contributed by atoms with Crippen LogP contribution in [0.15, 0.2) is 30.3 Å². The van der Waals surface area contributed by atoms with Crippen molar-refractivity contribution in [1.82, 2.24) is 19.6 Å². The van der Waals surface area contributed by atoms with Gasteiger partial charge in [-0.1, -0.05) is 30.3 Å². The van der Waals surface area contributed by atoms with Gasteiger partial charge in [-0.2, -0.15) is 10.2 Å². The first-order chi connectivity index (χ1) is 9.74. The van der Waals surface area contributed by atoms with Gasteiger partial charge < -0.3 is 5.32 Å². The molecule has 0 bridgehead atoms. The number of hydrogen-bond acceptors (Lipinski definition) is 3. The van der Waals surface area contributed by atoms with E-state index in [9.17, 15) is 0 Å². The fourth-order valence-corrected chi connectivity index (χ4v) is 3.08. The molecule has 1 aliphatic heterocycles. The van der Waals surface area contributed by atoms with Crippen molar-refractivity contribution < 1.29 is 0 Å². The number of anilines is 1. The maximum atomic E-state index is 4.70. The summed E-state index contributed by atoms with van der Waals surface area (Å²) in [7, 11) is 1.95. The standard InChI is InChI=1S/C15H17N5/c1-10-13-14-16-8-12(11-6-4-3-5-7-11)9-20(14)18-15(13)19(2)17-10/h3-7,12,16H,8-9H2,1-2H3. The molecular formula is C15H17N5. The number of nitrogens with one attached hydrogen (secondary N) is 1. The molecule has 0 fully saturated rings. The number of hydrogen-bond donors (Lipinski definition) is 1. The second-order valence-electron chi connectivity index (χ2n) is 5.43. The molecule has 0 radical (unpaired) electrons. The largest absolute Gasteiger partial charge is 0.369 e. The van der Waals surface area contributed by atoms with E-state index in [1.54, 1.807) is 0 Å². The van der Waals surface area contributed by atoms with E-state index < -0.39 is 0 Å². The van der Waals surface area contributed by atoms with Crippen molar-refractivity contribution in [3.63, 3.8) is 0 Å². The maximum Gasteiger partial charge on any atom is 0.182 e. The normalized spacial score (nSPS) is 18.0. The van der Waals surface area contributed by atoms with Crippen LogP contribution < -0.4 is 5.32 Å². The molecule has 1 aromatic carbocycles. The van der Waals surface area contributed by atoms with Crippen molar-refractivity contribution in [1.29, 1.82) is 0 Å². The zero-order valence-electron chi connectivity index (χ0n) is 11.7. The molecule has 3 heterocycles. The van der Waals surface area contributed by atoms with Gasteiger partial charge in [0, 0.05) is 19.5 Å². The van der Waals surface area contributed by atoms with Crippen LogP contribution in [0.4, 0.5) is 5.82 Å². The minimum Gasteiger partial charge on any atom is -0.369 e. The van der Waals surface area contributed by atoms with Gasteiger partial charge in [-0.15, -0.1) is 0 Å². The summed E-state index contributed by atoms with van der Waals surface area (Å²) < 4.78 is 3.94. The van der Waals surface area contributed by atoms with E-state index in [-0.39, 0.29) is 0 Å². The molecule has 0 saturated heterocycles. The zero-order valence-corrected chi connectivity index (χ0v) is 11.7. The Morgan fingerprint density at radius 2 is 2.00 bits per heavy atom. The molecule has 5 nitrogen and oxygen atoms in total. The van der Waals surface area contributed by atoms with Crippen LogP contribution >= 0.6 is 0 Å². The summed E-state index contributed by atoms with van der Waals surface area (Å²) in [4.78, 5) is 0. The molecule has 5 heteroatoms. The molecule has 20 heavy (non-hydrogen) atoms. The van der Waals surface area contributed by atoms with Gasteiger partial charge in [-0.25, -0.2) is 9.36 Å². The van der Waals surface area contributed by atoms with Gasteiger partial charge >= 0.3 is 0 Å². The van der Waals surface area contributed by atoms with E-state index in [4.69, 9.17) is 5.10 Å². The number of fused-ring (bicyclic) bond motifs is 3. The lowest BCUT2D eigenvalue weighted by atomic mass is 9.98. The summed E-state index contributed by atoms with van der Waals surface area (Å²) in [5.74, 6) is 1.57. The van der Waals surface area contributed by atoms with Gasteiger partial charge in [0.15, 0.2) is 5.65 Å².